The summed E-state index contributed by atoms with van der Waals surface area (Å²) in [7, 11) is 4.23. The van der Waals surface area contributed by atoms with Gasteiger partial charge in [0.1, 0.15) is 17.3 Å². The normalized spacial score (nSPS) is 28.4. The molecule has 1 heterocycles. The van der Waals surface area contributed by atoms with Crippen molar-refractivity contribution in [2.75, 3.05) is 21.3 Å². The van der Waals surface area contributed by atoms with Gasteiger partial charge in [0.2, 0.25) is 0 Å². The van der Waals surface area contributed by atoms with E-state index >= 15 is 0 Å². The van der Waals surface area contributed by atoms with E-state index in [2.05, 4.69) is 5.32 Å². The second-order valence-electron chi connectivity index (χ2n) is 8.85. The van der Waals surface area contributed by atoms with Crippen molar-refractivity contribution in [2.24, 2.45) is 0 Å². The lowest BCUT2D eigenvalue weighted by Gasteiger charge is -2.50. The molecule has 5 rings (SSSR count). The maximum absolute atomic E-state index is 14.4. The maximum atomic E-state index is 14.4. The van der Waals surface area contributed by atoms with Gasteiger partial charge in [-0.15, -0.1) is 0 Å². The Hall–Kier alpha value is -3.49. The number of carbonyl (C=O) groups is 1. The number of aliphatic hydroxyl groups is 1. The summed E-state index contributed by atoms with van der Waals surface area (Å²) in [5, 5.41) is 16.2. The van der Waals surface area contributed by atoms with Crippen LogP contribution in [-0.2, 0) is 24.5 Å². The van der Waals surface area contributed by atoms with Gasteiger partial charge in [-0.1, -0.05) is 35.9 Å². The van der Waals surface area contributed by atoms with Crippen molar-refractivity contribution in [1.82, 2.24) is 5.32 Å². The number of carbonyl (C=O) groups excluding carboxylic acids is 1. The predicted molar refractivity (Wildman–Crippen MR) is 129 cm³/mol. The van der Waals surface area contributed by atoms with Crippen LogP contribution in [-0.4, -0.2) is 44.2 Å². The van der Waals surface area contributed by atoms with Gasteiger partial charge in [-0.3, -0.25) is 0 Å². The van der Waals surface area contributed by atoms with Crippen LogP contribution in [0.15, 0.2) is 83.5 Å². The van der Waals surface area contributed by atoms with Gasteiger partial charge in [0, 0.05) is 22.6 Å². The lowest BCUT2D eigenvalue weighted by Crippen LogP contribution is -2.63. The van der Waals surface area contributed by atoms with Gasteiger partial charge >= 0.3 is 6.09 Å². The van der Waals surface area contributed by atoms with Gasteiger partial charge in [-0.05, 0) is 41.8 Å². The molecule has 2 aliphatic carbocycles. The molecule has 0 spiro atoms. The van der Waals surface area contributed by atoms with Crippen molar-refractivity contribution in [3.63, 3.8) is 0 Å². The molecule has 1 amide bonds. The zero-order valence-corrected chi connectivity index (χ0v) is 20.6. The maximum Gasteiger partial charge on any atom is 0.407 e. The smallest absolute Gasteiger partial charge is 0.407 e. The zero-order chi connectivity index (χ0) is 25.7. The van der Waals surface area contributed by atoms with Crippen molar-refractivity contribution in [1.29, 1.82) is 0 Å². The van der Waals surface area contributed by atoms with Crippen LogP contribution in [0.3, 0.4) is 0 Å². The number of hydrogen-bond donors (Lipinski definition) is 2. The summed E-state index contributed by atoms with van der Waals surface area (Å²) in [6, 6.07) is 12.1. The molecule has 0 aromatic heterocycles. The second-order valence-corrected chi connectivity index (χ2v) is 9.28. The number of benzene rings is 2. The SMILES string of the molecule is COC(=O)NC1CC(c2cccc(F)c2)C2(c3ccc(Cl)cc3)OC=C3C(OC)=CC(OC)=C3C12O. The Kier molecular flexibility index (Phi) is 5.97. The first-order valence-corrected chi connectivity index (χ1v) is 11.7. The number of methoxy groups -OCH3 is 3. The first-order chi connectivity index (χ1) is 17.3. The summed E-state index contributed by atoms with van der Waals surface area (Å²) in [4.78, 5) is 12.5. The highest BCUT2D eigenvalue weighted by Crippen LogP contribution is 2.64. The molecule has 0 radical (unpaired) electrons. The van der Waals surface area contributed by atoms with Crippen molar-refractivity contribution >= 4 is 17.7 Å². The summed E-state index contributed by atoms with van der Waals surface area (Å²) in [5.74, 6) is -0.235. The van der Waals surface area contributed by atoms with Gasteiger partial charge < -0.3 is 29.4 Å². The van der Waals surface area contributed by atoms with Crippen LogP contribution in [0.5, 0.6) is 0 Å². The Bertz CT molecular complexity index is 1310. The fourth-order valence-electron chi connectivity index (χ4n) is 5.79. The fourth-order valence-corrected chi connectivity index (χ4v) is 5.92. The molecule has 9 heteroatoms. The Labute approximate surface area is 212 Å². The van der Waals surface area contributed by atoms with Crippen molar-refractivity contribution < 1.29 is 33.2 Å². The van der Waals surface area contributed by atoms with Gasteiger partial charge in [0.05, 0.1) is 39.2 Å². The van der Waals surface area contributed by atoms with E-state index in [1.54, 1.807) is 42.5 Å². The van der Waals surface area contributed by atoms with E-state index in [0.29, 0.717) is 38.8 Å². The van der Waals surface area contributed by atoms with E-state index in [4.69, 9.17) is 30.5 Å². The predicted octanol–water partition coefficient (Wildman–Crippen LogP) is 4.68. The third kappa shape index (κ3) is 3.32. The van der Waals surface area contributed by atoms with E-state index in [1.165, 1.54) is 39.7 Å². The number of ether oxygens (including phenoxy) is 4. The highest BCUT2D eigenvalue weighted by atomic mass is 35.5. The first kappa shape index (κ1) is 24.2. The molecule has 1 fully saturated rings. The summed E-state index contributed by atoms with van der Waals surface area (Å²) in [5.41, 5.74) is -1.34. The minimum absolute atomic E-state index is 0.196. The van der Waals surface area contributed by atoms with Crippen LogP contribution >= 0.6 is 11.6 Å². The molecule has 2 N–H and O–H groups in total. The number of amides is 1. The summed E-state index contributed by atoms with van der Waals surface area (Å²) >= 11 is 6.20. The fraction of sp³-hybridized carbons (Fsp3) is 0.296. The quantitative estimate of drug-likeness (QED) is 0.604. The number of rotatable bonds is 5. The number of allylic oxidation sites excluding steroid dienone is 2. The first-order valence-electron chi connectivity index (χ1n) is 11.3. The number of nitrogens with one attached hydrogen (secondary N) is 1. The van der Waals surface area contributed by atoms with Crippen molar-refractivity contribution in [3.8, 4) is 0 Å². The van der Waals surface area contributed by atoms with E-state index in [0.717, 1.165) is 0 Å². The van der Waals surface area contributed by atoms with Crippen LogP contribution in [0, 0.1) is 5.82 Å². The Morgan fingerprint density at radius 3 is 2.56 bits per heavy atom. The molecular weight excluding hydrogens is 489 g/mol. The third-order valence-electron chi connectivity index (χ3n) is 7.26. The number of halogens is 2. The Balaban J connectivity index is 1.83. The second kappa shape index (κ2) is 8.87. The molecule has 7 nitrogen and oxygen atoms in total. The third-order valence-corrected chi connectivity index (χ3v) is 7.51. The molecule has 3 aliphatic rings. The highest BCUT2D eigenvalue weighted by Gasteiger charge is 2.72. The summed E-state index contributed by atoms with van der Waals surface area (Å²) in [6.07, 6.45) is 2.64. The standard InChI is InChI=1S/C27H25ClFNO6/c1-33-21-13-22(34-2)24-19(21)14-36-27(16-7-9-17(28)10-8-16)20(15-5-4-6-18(29)11-15)12-23(26(24,27)32)30-25(31)35-3/h4-11,13-14,20,23,32H,12H2,1-3H3,(H,30,31). The molecule has 2 aromatic rings. The Morgan fingerprint density at radius 2 is 1.92 bits per heavy atom. The Morgan fingerprint density at radius 1 is 1.17 bits per heavy atom. The minimum atomic E-state index is -1.89. The van der Waals surface area contributed by atoms with E-state index < -0.39 is 35.1 Å². The van der Waals surface area contributed by atoms with Crippen LogP contribution < -0.4 is 5.32 Å². The van der Waals surface area contributed by atoms with Crippen LogP contribution in [0.2, 0.25) is 5.02 Å². The number of hydrogen-bond acceptors (Lipinski definition) is 6. The van der Waals surface area contributed by atoms with E-state index in [1.807, 2.05) is 0 Å². The highest BCUT2D eigenvalue weighted by molar-refractivity contribution is 6.30. The molecule has 1 aliphatic heterocycles. The van der Waals surface area contributed by atoms with Gasteiger partial charge in [-0.2, -0.15) is 0 Å². The van der Waals surface area contributed by atoms with Gasteiger partial charge in [-0.25, -0.2) is 9.18 Å². The molecule has 188 valence electrons. The topological polar surface area (TPSA) is 86.3 Å². The van der Waals surface area contributed by atoms with Gasteiger partial charge in [0.25, 0.3) is 0 Å². The van der Waals surface area contributed by atoms with Crippen LogP contribution in [0.4, 0.5) is 9.18 Å². The molecule has 4 unspecified atom stereocenters. The lowest BCUT2D eigenvalue weighted by atomic mass is 9.67. The minimum Gasteiger partial charge on any atom is -0.496 e. The van der Waals surface area contributed by atoms with Crippen molar-refractivity contribution in [3.05, 3.63) is 106 Å². The van der Waals surface area contributed by atoms with Gasteiger partial charge in [0.15, 0.2) is 11.2 Å². The molecule has 0 saturated heterocycles. The average molecular weight is 514 g/mol. The van der Waals surface area contributed by atoms with Crippen LogP contribution in [0.25, 0.3) is 0 Å². The van der Waals surface area contributed by atoms with Crippen molar-refractivity contribution in [2.45, 2.75) is 29.6 Å². The van der Waals surface area contributed by atoms with E-state index in [-0.39, 0.29) is 6.42 Å². The zero-order valence-electron chi connectivity index (χ0n) is 19.9. The summed E-state index contributed by atoms with van der Waals surface area (Å²) in [6.45, 7) is 0. The van der Waals surface area contributed by atoms with Crippen LogP contribution in [0.1, 0.15) is 23.5 Å². The summed E-state index contributed by atoms with van der Waals surface area (Å²) < 4.78 is 37.0. The molecular formula is C27H25ClFNO6. The monoisotopic (exact) mass is 513 g/mol. The molecule has 0 bridgehead atoms. The average Bonchev–Trinajstić information content (AvgIpc) is 3.38. The number of alkyl carbamates (subject to hydrolysis) is 1. The molecule has 1 saturated carbocycles. The largest absolute Gasteiger partial charge is 0.496 e. The molecule has 4 atom stereocenters. The van der Waals surface area contributed by atoms with E-state index in [9.17, 15) is 14.3 Å². The molecule has 2 aromatic carbocycles. The molecule has 36 heavy (non-hydrogen) atoms. The number of fused-ring (bicyclic) bond motifs is 3. The lowest BCUT2D eigenvalue weighted by molar-refractivity contribution is -0.145.